The van der Waals surface area contributed by atoms with Gasteiger partial charge in [-0.05, 0) is 11.6 Å². The van der Waals surface area contributed by atoms with Gasteiger partial charge in [-0.3, -0.25) is 0 Å². The molecule has 0 bridgehead atoms. The molecule has 4 nitrogen and oxygen atoms in total. The number of benzene rings is 1. The van der Waals surface area contributed by atoms with Crippen LogP contribution in [0.4, 0.5) is 0 Å². The predicted octanol–water partition coefficient (Wildman–Crippen LogP) is 1.80. The Morgan fingerprint density at radius 1 is 1.38 bits per heavy atom. The minimum Gasteiger partial charge on any atom is -0.454 e. The Kier molecular flexibility index (Phi) is 3.88. The van der Waals surface area contributed by atoms with Gasteiger partial charge in [0.1, 0.15) is 0 Å². The third-order valence-corrected chi connectivity index (χ3v) is 2.69. The zero-order valence-corrected chi connectivity index (χ0v) is 9.84. The average molecular weight is 244 g/mol. The van der Waals surface area contributed by atoms with E-state index in [2.05, 4.69) is 5.32 Å². The number of fused-ring (bicyclic) bond motifs is 1. The van der Waals surface area contributed by atoms with E-state index in [9.17, 15) is 0 Å². The molecule has 1 heterocycles. The molecule has 5 heteroatoms. The summed E-state index contributed by atoms with van der Waals surface area (Å²) in [4.78, 5) is 0. The zero-order valence-electron chi connectivity index (χ0n) is 9.09. The smallest absolute Gasteiger partial charge is 0.231 e. The molecular weight excluding hydrogens is 230 g/mol. The van der Waals surface area contributed by atoms with Crippen molar-refractivity contribution in [1.82, 2.24) is 5.32 Å². The highest BCUT2D eigenvalue weighted by Gasteiger charge is 2.15. The van der Waals surface area contributed by atoms with Crippen molar-refractivity contribution in [2.24, 2.45) is 0 Å². The fourth-order valence-electron chi connectivity index (χ4n) is 1.49. The molecule has 0 amide bonds. The third kappa shape index (κ3) is 2.58. The summed E-state index contributed by atoms with van der Waals surface area (Å²) in [6, 6.07) is 3.70. The zero-order chi connectivity index (χ0) is 11.4. The molecule has 1 N–H and O–H groups in total. The quantitative estimate of drug-likeness (QED) is 0.801. The van der Waals surface area contributed by atoms with Crippen molar-refractivity contribution in [1.29, 1.82) is 0 Å². The molecule has 1 aromatic rings. The largest absolute Gasteiger partial charge is 0.454 e. The normalized spacial score (nSPS) is 13.1. The molecule has 0 aromatic heterocycles. The van der Waals surface area contributed by atoms with E-state index in [0.717, 1.165) is 17.9 Å². The van der Waals surface area contributed by atoms with E-state index in [0.29, 0.717) is 23.9 Å². The second-order valence-electron chi connectivity index (χ2n) is 3.47. The van der Waals surface area contributed by atoms with Crippen LogP contribution in [0.5, 0.6) is 11.5 Å². The van der Waals surface area contributed by atoms with Crippen LogP contribution < -0.4 is 14.8 Å². The average Bonchev–Trinajstić information content (AvgIpc) is 2.71. The van der Waals surface area contributed by atoms with E-state index in [1.807, 2.05) is 6.07 Å². The van der Waals surface area contributed by atoms with Gasteiger partial charge in [-0.15, -0.1) is 0 Å². The van der Waals surface area contributed by atoms with Crippen molar-refractivity contribution in [2.45, 2.75) is 6.54 Å². The standard InChI is InChI=1S/C11H14ClNO3/c1-14-3-2-13-6-8-4-10-11(5-9(8)12)16-7-15-10/h4-5,13H,2-3,6-7H2,1H3. The van der Waals surface area contributed by atoms with Gasteiger partial charge >= 0.3 is 0 Å². The van der Waals surface area contributed by atoms with Gasteiger partial charge in [0, 0.05) is 31.3 Å². The number of methoxy groups -OCH3 is 1. The second-order valence-corrected chi connectivity index (χ2v) is 3.87. The second kappa shape index (κ2) is 5.39. The number of halogens is 1. The first kappa shape index (κ1) is 11.5. The molecule has 1 aromatic carbocycles. The molecular formula is C11H14ClNO3. The van der Waals surface area contributed by atoms with Crippen molar-refractivity contribution in [3.63, 3.8) is 0 Å². The molecule has 1 aliphatic rings. The van der Waals surface area contributed by atoms with Crippen LogP contribution in [0.2, 0.25) is 5.02 Å². The van der Waals surface area contributed by atoms with Crippen LogP contribution in [-0.4, -0.2) is 27.1 Å². The maximum Gasteiger partial charge on any atom is 0.231 e. The highest BCUT2D eigenvalue weighted by molar-refractivity contribution is 6.31. The van der Waals surface area contributed by atoms with Crippen LogP contribution in [-0.2, 0) is 11.3 Å². The lowest BCUT2D eigenvalue weighted by Gasteiger charge is -2.07. The van der Waals surface area contributed by atoms with Crippen molar-refractivity contribution in [2.75, 3.05) is 27.1 Å². The number of ether oxygens (including phenoxy) is 3. The fourth-order valence-corrected chi connectivity index (χ4v) is 1.71. The van der Waals surface area contributed by atoms with E-state index >= 15 is 0 Å². The van der Waals surface area contributed by atoms with Crippen LogP contribution in [0.15, 0.2) is 12.1 Å². The van der Waals surface area contributed by atoms with E-state index in [1.165, 1.54) is 0 Å². The van der Waals surface area contributed by atoms with Crippen molar-refractivity contribution < 1.29 is 14.2 Å². The molecule has 0 saturated carbocycles. The summed E-state index contributed by atoms with van der Waals surface area (Å²) >= 11 is 6.11. The van der Waals surface area contributed by atoms with Crippen LogP contribution >= 0.6 is 11.6 Å². The number of nitrogens with one attached hydrogen (secondary N) is 1. The molecule has 0 aliphatic carbocycles. The van der Waals surface area contributed by atoms with Crippen molar-refractivity contribution >= 4 is 11.6 Å². The van der Waals surface area contributed by atoms with Crippen LogP contribution in [0.25, 0.3) is 0 Å². The SMILES string of the molecule is COCCNCc1cc2c(cc1Cl)OCO2. The Bertz CT molecular complexity index is 370. The number of hydrogen-bond donors (Lipinski definition) is 1. The Labute approximate surface area is 99.4 Å². The molecule has 0 atom stereocenters. The van der Waals surface area contributed by atoms with E-state index in [-0.39, 0.29) is 6.79 Å². The Balaban J connectivity index is 1.98. The molecule has 2 rings (SSSR count). The van der Waals surface area contributed by atoms with E-state index < -0.39 is 0 Å². The van der Waals surface area contributed by atoms with Crippen LogP contribution in [0.1, 0.15) is 5.56 Å². The van der Waals surface area contributed by atoms with Gasteiger partial charge in [-0.2, -0.15) is 0 Å². The summed E-state index contributed by atoms with van der Waals surface area (Å²) in [5.41, 5.74) is 1.00. The van der Waals surface area contributed by atoms with Gasteiger partial charge in [-0.1, -0.05) is 11.6 Å². The van der Waals surface area contributed by atoms with Gasteiger partial charge in [-0.25, -0.2) is 0 Å². The summed E-state index contributed by atoms with van der Waals surface area (Å²) in [7, 11) is 1.68. The summed E-state index contributed by atoms with van der Waals surface area (Å²) in [6.45, 7) is 2.44. The number of hydrogen-bond acceptors (Lipinski definition) is 4. The van der Waals surface area contributed by atoms with Crippen molar-refractivity contribution in [3.05, 3.63) is 22.7 Å². The van der Waals surface area contributed by atoms with E-state index in [1.54, 1.807) is 13.2 Å². The van der Waals surface area contributed by atoms with Crippen molar-refractivity contribution in [3.8, 4) is 11.5 Å². The maximum atomic E-state index is 6.11. The minimum atomic E-state index is 0.270. The summed E-state index contributed by atoms with van der Waals surface area (Å²) in [5, 5.41) is 3.92. The summed E-state index contributed by atoms with van der Waals surface area (Å²) in [6.07, 6.45) is 0. The molecule has 0 fully saturated rings. The summed E-state index contributed by atoms with van der Waals surface area (Å²) < 4.78 is 15.5. The third-order valence-electron chi connectivity index (χ3n) is 2.34. The lowest BCUT2D eigenvalue weighted by Crippen LogP contribution is -2.18. The monoisotopic (exact) mass is 243 g/mol. The maximum absolute atomic E-state index is 6.11. The number of rotatable bonds is 5. The topological polar surface area (TPSA) is 39.7 Å². The van der Waals surface area contributed by atoms with Gasteiger partial charge in [0.2, 0.25) is 6.79 Å². The summed E-state index contributed by atoms with van der Waals surface area (Å²) in [5.74, 6) is 1.47. The van der Waals surface area contributed by atoms with Gasteiger partial charge in [0.25, 0.3) is 0 Å². The van der Waals surface area contributed by atoms with Gasteiger partial charge < -0.3 is 19.5 Å². The molecule has 0 unspecified atom stereocenters. The molecule has 1 aliphatic heterocycles. The lowest BCUT2D eigenvalue weighted by atomic mass is 10.2. The predicted molar refractivity (Wildman–Crippen MR) is 61.2 cm³/mol. The van der Waals surface area contributed by atoms with Crippen LogP contribution in [0, 0.1) is 0 Å². The minimum absolute atomic E-state index is 0.270. The Morgan fingerprint density at radius 3 is 2.88 bits per heavy atom. The molecule has 88 valence electrons. The van der Waals surface area contributed by atoms with Gasteiger partial charge in [0.15, 0.2) is 11.5 Å². The fraction of sp³-hybridized carbons (Fsp3) is 0.455. The molecule has 0 radical (unpaired) electrons. The molecule has 0 spiro atoms. The van der Waals surface area contributed by atoms with Crippen LogP contribution in [0.3, 0.4) is 0 Å². The van der Waals surface area contributed by atoms with Gasteiger partial charge in [0.05, 0.1) is 6.61 Å². The first-order chi connectivity index (χ1) is 7.81. The first-order valence-corrected chi connectivity index (χ1v) is 5.46. The Hall–Kier alpha value is -0.970. The highest BCUT2D eigenvalue weighted by Crippen LogP contribution is 2.36. The highest BCUT2D eigenvalue weighted by atomic mass is 35.5. The van der Waals surface area contributed by atoms with E-state index in [4.69, 9.17) is 25.8 Å². The molecule has 16 heavy (non-hydrogen) atoms. The first-order valence-electron chi connectivity index (χ1n) is 5.09. The lowest BCUT2D eigenvalue weighted by molar-refractivity contribution is 0.174. The molecule has 0 saturated heterocycles. The Morgan fingerprint density at radius 2 is 2.12 bits per heavy atom.